The minimum absolute atomic E-state index is 0. The van der Waals surface area contributed by atoms with E-state index >= 15 is 0 Å². The average Bonchev–Trinajstić information content (AvgIpc) is 1.54. The standard InChI is InChI=1S/3CH2O3.Yb/c3*2-1(3)4;/h3*(H2,2,3,4);/q;;;+3/p-3. The van der Waals surface area contributed by atoms with Crippen LogP contribution in [0.3, 0.4) is 0 Å². The van der Waals surface area contributed by atoms with Gasteiger partial charge in [0.1, 0.15) is 0 Å². The molecule has 3 N–H and O–H groups in total. The molecule has 0 fully saturated rings. The summed E-state index contributed by atoms with van der Waals surface area (Å²) in [6, 6.07) is 0. The Morgan fingerprint density at radius 2 is 0.692 bits per heavy atom. The van der Waals surface area contributed by atoms with Gasteiger partial charge in [-0.1, -0.05) is 0 Å². The summed E-state index contributed by atoms with van der Waals surface area (Å²) < 4.78 is 0. The van der Waals surface area contributed by atoms with E-state index in [-0.39, 0.29) is 46.9 Å². The summed E-state index contributed by atoms with van der Waals surface area (Å²) in [5, 5.41) is 45.9. The summed E-state index contributed by atoms with van der Waals surface area (Å²) in [5.74, 6) is 0. The molecule has 13 heavy (non-hydrogen) atoms. The molecule has 0 saturated carbocycles. The van der Waals surface area contributed by atoms with Gasteiger partial charge in [-0.15, -0.1) is 0 Å². The second-order valence-electron chi connectivity index (χ2n) is 0.798. The molecule has 0 rings (SSSR count). The third-order valence-corrected chi connectivity index (χ3v) is 0. The molecule has 9 nitrogen and oxygen atoms in total. The van der Waals surface area contributed by atoms with Gasteiger partial charge in [0.2, 0.25) is 18.5 Å². The molecule has 0 heterocycles. The Morgan fingerprint density at radius 1 is 0.692 bits per heavy atom. The van der Waals surface area contributed by atoms with Gasteiger partial charge in [-0.05, 0) is 0 Å². The van der Waals surface area contributed by atoms with Gasteiger partial charge < -0.3 is 45.0 Å². The Hall–Kier alpha value is -0.671. The van der Waals surface area contributed by atoms with E-state index in [4.69, 9.17) is 45.0 Å². The molecular formula is C3H3O9Yb. The van der Waals surface area contributed by atoms with Crippen LogP contribution in [0.1, 0.15) is 0 Å². The first-order valence-electron chi connectivity index (χ1n) is 1.90. The van der Waals surface area contributed by atoms with Gasteiger partial charge in [-0.2, -0.15) is 0 Å². The van der Waals surface area contributed by atoms with Crippen molar-refractivity contribution in [1.82, 2.24) is 0 Å². The summed E-state index contributed by atoms with van der Waals surface area (Å²) in [6.07, 6.45) is -6.25. The van der Waals surface area contributed by atoms with Crippen LogP contribution in [0.5, 0.6) is 0 Å². The van der Waals surface area contributed by atoms with Gasteiger partial charge in [0.05, 0.1) is 0 Å². The third kappa shape index (κ3) is 2190. The Bertz CT molecular complexity index is 112. The van der Waals surface area contributed by atoms with Crippen LogP contribution in [-0.2, 0) is 0 Å². The van der Waals surface area contributed by atoms with E-state index in [1.54, 1.807) is 0 Å². The first-order valence-corrected chi connectivity index (χ1v) is 1.90. The van der Waals surface area contributed by atoms with Crippen molar-refractivity contribution in [1.29, 1.82) is 0 Å². The Labute approximate surface area is 109 Å². The van der Waals surface area contributed by atoms with E-state index < -0.39 is 18.5 Å². The van der Waals surface area contributed by atoms with Gasteiger partial charge in [0.25, 0.3) is 0 Å². The molecule has 0 aliphatic rings. The predicted molar refractivity (Wildman–Crippen MR) is 24.1 cm³/mol. The fraction of sp³-hybridized carbons (Fsp3) is 0. The van der Waals surface area contributed by atoms with Crippen LogP contribution in [0, 0.1) is 46.9 Å². The first-order chi connectivity index (χ1) is 5.20. The van der Waals surface area contributed by atoms with E-state index in [1.807, 2.05) is 0 Å². The predicted octanol–water partition coefficient (Wildman–Crippen LogP) is -3.34. The van der Waals surface area contributed by atoms with E-state index in [9.17, 15) is 0 Å². The molecule has 0 aliphatic heterocycles. The Morgan fingerprint density at radius 3 is 0.692 bits per heavy atom. The van der Waals surface area contributed by atoms with Crippen molar-refractivity contribution in [3.8, 4) is 0 Å². The van der Waals surface area contributed by atoms with E-state index in [0.29, 0.717) is 0 Å². The molecule has 0 aliphatic carbocycles. The molecule has 0 aromatic rings. The largest absolute Gasteiger partial charge is 3.00 e. The number of hydrogen-bond acceptors (Lipinski definition) is 6. The van der Waals surface area contributed by atoms with Crippen molar-refractivity contribution in [2.24, 2.45) is 0 Å². The van der Waals surface area contributed by atoms with Gasteiger partial charge >= 0.3 is 46.9 Å². The van der Waals surface area contributed by atoms with Crippen molar-refractivity contribution in [2.45, 2.75) is 0 Å². The minimum atomic E-state index is -2.08. The molecule has 1 radical (unpaired) electrons. The van der Waals surface area contributed by atoms with Crippen LogP contribution in [-0.4, -0.2) is 33.8 Å². The second kappa shape index (κ2) is 17.4. The zero-order chi connectivity index (χ0) is 10.7. The smallest absolute Gasteiger partial charge is 0.565 e. The molecule has 10 heteroatoms. The molecule has 0 unspecified atom stereocenters. The van der Waals surface area contributed by atoms with Crippen LogP contribution in [0.15, 0.2) is 0 Å². The van der Waals surface area contributed by atoms with Gasteiger partial charge in [0.15, 0.2) is 0 Å². The van der Waals surface area contributed by atoms with E-state index in [1.165, 1.54) is 0 Å². The minimum Gasteiger partial charge on any atom is -0.565 e. The van der Waals surface area contributed by atoms with Crippen LogP contribution in [0.4, 0.5) is 14.4 Å². The topological polar surface area (TPSA) is 181 Å². The van der Waals surface area contributed by atoms with Crippen LogP contribution in [0.2, 0.25) is 0 Å². The van der Waals surface area contributed by atoms with Gasteiger partial charge in [0, 0.05) is 0 Å². The summed E-state index contributed by atoms with van der Waals surface area (Å²) in [6.45, 7) is 0. The molecule has 0 spiro atoms. The Balaban J connectivity index is -0.0000000450. The van der Waals surface area contributed by atoms with Crippen molar-refractivity contribution < 1.29 is 91.9 Å². The maximum Gasteiger partial charge on any atom is 3.00 e. The number of carbonyl (C=O) groups is 3. The molecule has 0 aromatic heterocycles. The molecule has 0 aromatic carbocycles. The normalized spacial score (nSPS) is 5.54. The van der Waals surface area contributed by atoms with Crippen LogP contribution >= 0.6 is 0 Å². The summed E-state index contributed by atoms with van der Waals surface area (Å²) in [7, 11) is 0. The van der Waals surface area contributed by atoms with Crippen LogP contribution in [0.25, 0.3) is 0 Å². The number of carboxylic acid groups (broad SMARTS) is 6. The van der Waals surface area contributed by atoms with Gasteiger partial charge in [-0.25, -0.2) is 0 Å². The summed E-state index contributed by atoms with van der Waals surface area (Å²) >= 11 is 0. The summed E-state index contributed by atoms with van der Waals surface area (Å²) in [4.78, 5) is 25.3. The maximum atomic E-state index is 8.44. The number of hydrogen-bond donors (Lipinski definition) is 3. The van der Waals surface area contributed by atoms with E-state index in [0.717, 1.165) is 0 Å². The Kier molecular flexibility index (Phi) is 30.6. The van der Waals surface area contributed by atoms with E-state index in [2.05, 4.69) is 0 Å². The van der Waals surface area contributed by atoms with Crippen molar-refractivity contribution in [2.75, 3.05) is 0 Å². The molecule has 0 amide bonds. The molecule has 0 bridgehead atoms. The van der Waals surface area contributed by atoms with Crippen molar-refractivity contribution in [3.63, 3.8) is 0 Å². The third-order valence-electron chi connectivity index (χ3n) is 0. The number of rotatable bonds is 0. The SMILES string of the molecule is O=C([O-])O.O=C([O-])O.O=C([O-])O.[Yb+3]. The second-order valence-corrected chi connectivity index (χ2v) is 0.798. The fourth-order valence-corrected chi connectivity index (χ4v) is 0. The molecule has 0 atom stereocenters. The summed E-state index contributed by atoms with van der Waals surface area (Å²) in [5.41, 5.74) is 0. The molecule has 83 valence electrons. The van der Waals surface area contributed by atoms with Gasteiger partial charge in [-0.3, -0.25) is 0 Å². The van der Waals surface area contributed by atoms with Crippen LogP contribution < -0.4 is 15.3 Å². The zero-order valence-electron chi connectivity index (χ0n) is 5.56. The van der Waals surface area contributed by atoms with Crippen molar-refractivity contribution in [3.05, 3.63) is 0 Å². The molecule has 0 saturated heterocycles. The average molecular weight is 356 g/mol. The zero-order valence-corrected chi connectivity index (χ0v) is 7.27. The van der Waals surface area contributed by atoms with Crippen molar-refractivity contribution >= 4 is 18.5 Å². The fourth-order valence-electron chi connectivity index (χ4n) is 0. The quantitative estimate of drug-likeness (QED) is 0.400. The maximum absolute atomic E-state index is 8.44. The first kappa shape index (κ1) is 22.8. The molecular weight excluding hydrogens is 353 g/mol. The monoisotopic (exact) mass is 357 g/mol.